The average molecular weight is 521 g/mol. The molecular formula is C31H32N6O2. The van der Waals surface area contributed by atoms with Gasteiger partial charge in [-0.05, 0) is 54.3 Å². The minimum Gasteiger partial charge on any atom is -0.473 e. The monoisotopic (exact) mass is 520 g/mol. The Kier molecular flexibility index (Phi) is 6.34. The van der Waals surface area contributed by atoms with Crippen LogP contribution >= 0.6 is 0 Å². The summed E-state index contributed by atoms with van der Waals surface area (Å²) in [4.78, 5) is 16.7. The third kappa shape index (κ3) is 4.93. The zero-order valence-corrected chi connectivity index (χ0v) is 22.2. The molecule has 2 aliphatic rings. The van der Waals surface area contributed by atoms with Crippen molar-refractivity contribution >= 4 is 27.6 Å². The highest BCUT2D eigenvalue weighted by atomic mass is 16.5. The number of aryl methyl sites for hydroxylation is 1. The minimum absolute atomic E-state index is 0.299. The largest absolute Gasteiger partial charge is 0.473 e. The van der Waals surface area contributed by atoms with Crippen molar-refractivity contribution in [2.75, 3.05) is 19.7 Å². The maximum absolute atomic E-state index is 6.08. The normalized spacial score (nSPS) is 17.9. The van der Waals surface area contributed by atoms with Crippen molar-refractivity contribution in [2.24, 2.45) is 7.05 Å². The van der Waals surface area contributed by atoms with Crippen molar-refractivity contribution in [3.63, 3.8) is 0 Å². The Morgan fingerprint density at radius 2 is 1.92 bits per heavy atom. The quantitative estimate of drug-likeness (QED) is 0.288. The Bertz CT molecular complexity index is 1660. The molecule has 0 unspecified atom stereocenters. The van der Waals surface area contributed by atoms with E-state index in [0.717, 1.165) is 79.3 Å². The molecule has 8 heteroatoms. The van der Waals surface area contributed by atoms with E-state index in [1.165, 1.54) is 11.1 Å². The number of para-hydroxylation sites is 2. The third-order valence-corrected chi connectivity index (χ3v) is 7.80. The highest BCUT2D eigenvalue weighted by molar-refractivity contribution is 5.76. The Morgan fingerprint density at radius 1 is 1.00 bits per heavy atom. The fraction of sp³-hybridized carbons (Fsp3) is 0.323. The highest BCUT2D eigenvalue weighted by Crippen LogP contribution is 2.26. The first-order valence-corrected chi connectivity index (χ1v) is 13.7. The van der Waals surface area contributed by atoms with Crippen LogP contribution < -0.4 is 4.74 Å². The average Bonchev–Trinajstić information content (AvgIpc) is 3.49. The first-order chi connectivity index (χ1) is 19.2. The summed E-state index contributed by atoms with van der Waals surface area (Å²) in [6, 6.07) is 20.7. The maximum atomic E-state index is 6.08. The summed E-state index contributed by atoms with van der Waals surface area (Å²) in [6.07, 6.45) is 6.50. The van der Waals surface area contributed by atoms with Crippen LogP contribution in [0, 0.1) is 0 Å². The van der Waals surface area contributed by atoms with Gasteiger partial charge < -0.3 is 18.6 Å². The van der Waals surface area contributed by atoms with E-state index in [0.29, 0.717) is 18.6 Å². The molecule has 7 rings (SSSR count). The lowest BCUT2D eigenvalue weighted by Crippen LogP contribution is -2.33. The van der Waals surface area contributed by atoms with Crippen LogP contribution in [0.2, 0.25) is 0 Å². The summed E-state index contributed by atoms with van der Waals surface area (Å²) in [5.74, 6) is 1.76. The summed E-state index contributed by atoms with van der Waals surface area (Å²) in [5.41, 5.74) is 7.69. The van der Waals surface area contributed by atoms with E-state index in [9.17, 15) is 0 Å². The van der Waals surface area contributed by atoms with Crippen LogP contribution in [0.25, 0.3) is 27.6 Å². The summed E-state index contributed by atoms with van der Waals surface area (Å²) < 4.78 is 16.2. The van der Waals surface area contributed by atoms with Gasteiger partial charge in [0.15, 0.2) is 0 Å². The number of pyridine rings is 1. The number of hydrogen-bond acceptors (Lipinski definition) is 6. The second-order valence-corrected chi connectivity index (χ2v) is 10.5. The first kappa shape index (κ1) is 24.1. The highest BCUT2D eigenvalue weighted by Gasteiger charge is 2.23. The van der Waals surface area contributed by atoms with Crippen molar-refractivity contribution in [2.45, 2.75) is 38.6 Å². The molecule has 0 spiro atoms. The van der Waals surface area contributed by atoms with Gasteiger partial charge in [0.1, 0.15) is 12.4 Å². The molecule has 0 radical (unpaired) electrons. The predicted molar refractivity (Wildman–Crippen MR) is 151 cm³/mol. The fourth-order valence-corrected chi connectivity index (χ4v) is 5.46. The second kappa shape index (κ2) is 10.3. The molecule has 0 saturated carbocycles. The Morgan fingerprint density at radius 3 is 2.77 bits per heavy atom. The van der Waals surface area contributed by atoms with Crippen molar-refractivity contribution < 1.29 is 9.47 Å². The molecule has 1 atom stereocenters. The Hall–Kier alpha value is -4.01. The number of rotatable bonds is 8. The van der Waals surface area contributed by atoms with Gasteiger partial charge in [-0.1, -0.05) is 30.3 Å². The Balaban J connectivity index is 1.02. The molecule has 5 aromatic rings. The van der Waals surface area contributed by atoms with E-state index in [1.54, 1.807) is 0 Å². The molecule has 1 fully saturated rings. The van der Waals surface area contributed by atoms with Crippen LogP contribution in [0.4, 0.5) is 0 Å². The lowest BCUT2D eigenvalue weighted by atomic mass is 10.0. The minimum atomic E-state index is 0.299. The molecule has 5 heterocycles. The van der Waals surface area contributed by atoms with Gasteiger partial charge in [0.25, 0.3) is 0 Å². The SMILES string of the molecule is Cn1cnc2ccc(COc3cccc(C4=CCN(Cc5nc6ccccc6n5C[C@@H]5CCO5)CC4)n3)cc21. The van der Waals surface area contributed by atoms with E-state index in [1.807, 2.05) is 36.1 Å². The number of hydrogen-bond donors (Lipinski definition) is 0. The number of fused-ring (bicyclic) bond motifs is 2. The van der Waals surface area contributed by atoms with Gasteiger partial charge in [-0.25, -0.2) is 15.0 Å². The first-order valence-electron chi connectivity index (χ1n) is 13.7. The van der Waals surface area contributed by atoms with Gasteiger partial charge in [-0.3, -0.25) is 4.90 Å². The van der Waals surface area contributed by atoms with Crippen LogP contribution in [0.1, 0.15) is 29.9 Å². The topological polar surface area (TPSA) is 70.2 Å². The maximum Gasteiger partial charge on any atom is 0.214 e. The lowest BCUT2D eigenvalue weighted by molar-refractivity contribution is -0.0591. The van der Waals surface area contributed by atoms with E-state index in [-0.39, 0.29) is 0 Å². The van der Waals surface area contributed by atoms with E-state index < -0.39 is 0 Å². The third-order valence-electron chi connectivity index (χ3n) is 7.80. The summed E-state index contributed by atoms with van der Waals surface area (Å²) in [6.45, 7) is 4.87. The van der Waals surface area contributed by atoms with Crippen molar-refractivity contribution in [1.29, 1.82) is 0 Å². The van der Waals surface area contributed by atoms with Gasteiger partial charge in [0, 0.05) is 32.8 Å². The summed E-state index contributed by atoms with van der Waals surface area (Å²) >= 11 is 0. The number of benzene rings is 2. The molecule has 8 nitrogen and oxygen atoms in total. The van der Waals surface area contributed by atoms with Gasteiger partial charge in [0.2, 0.25) is 5.88 Å². The van der Waals surface area contributed by atoms with Gasteiger partial charge in [-0.15, -0.1) is 0 Å². The van der Waals surface area contributed by atoms with Crippen LogP contribution in [0.3, 0.4) is 0 Å². The molecular weight excluding hydrogens is 488 g/mol. The standard InChI is InChI=1S/C31H32N6O2/c1-35-21-32-26-10-9-22(17-29(26)35)20-39-31-8-4-6-25(34-31)23-11-14-36(15-12-23)19-30-33-27-5-2-3-7-28(27)37(30)18-24-13-16-38-24/h2-11,17,21,24H,12-16,18-20H2,1H3/t24-/m0/s1. The zero-order valence-electron chi connectivity index (χ0n) is 22.2. The number of aromatic nitrogens is 5. The molecule has 3 aromatic heterocycles. The van der Waals surface area contributed by atoms with E-state index in [4.69, 9.17) is 19.4 Å². The molecule has 0 N–H and O–H groups in total. The van der Waals surface area contributed by atoms with Gasteiger partial charge in [0.05, 0.1) is 53.3 Å². The molecule has 1 saturated heterocycles. The molecule has 198 valence electrons. The van der Waals surface area contributed by atoms with Crippen molar-refractivity contribution in [1.82, 2.24) is 29.0 Å². The second-order valence-electron chi connectivity index (χ2n) is 10.5. The molecule has 2 aliphatic heterocycles. The number of ether oxygens (including phenoxy) is 2. The molecule has 0 aliphatic carbocycles. The predicted octanol–water partition coefficient (Wildman–Crippen LogP) is 4.98. The van der Waals surface area contributed by atoms with Crippen LogP contribution in [0.5, 0.6) is 5.88 Å². The summed E-state index contributed by atoms with van der Waals surface area (Å²) in [7, 11) is 2.00. The Labute approximate surface area is 227 Å². The molecule has 39 heavy (non-hydrogen) atoms. The van der Waals surface area contributed by atoms with Crippen LogP contribution in [-0.4, -0.2) is 54.8 Å². The molecule has 0 amide bonds. The summed E-state index contributed by atoms with van der Waals surface area (Å²) in [5, 5.41) is 0. The van der Waals surface area contributed by atoms with E-state index >= 15 is 0 Å². The fourth-order valence-electron chi connectivity index (χ4n) is 5.46. The number of nitrogens with zero attached hydrogens (tertiary/aromatic N) is 6. The van der Waals surface area contributed by atoms with Crippen molar-refractivity contribution in [3.05, 3.63) is 90.1 Å². The molecule has 2 aromatic carbocycles. The zero-order chi connectivity index (χ0) is 26.2. The van der Waals surface area contributed by atoms with Gasteiger partial charge >= 0.3 is 0 Å². The lowest BCUT2D eigenvalue weighted by Gasteiger charge is -2.29. The van der Waals surface area contributed by atoms with E-state index in [2.05, 4.69) is 63.0 Å². The molecule has 0 bridgehead atoms. The van der Waals surface area contributed by atoms with Crippen molar-refractivity contribution in [3.8, 4) is 5.88 Å². The van der Waals surface area contributed by atoms with Gasteiger partial charge in [-0.2, -0.15) is 0 Å². The number of imidazole rings is 2. The van der Waals surface area contributed by atoms with Crippen LogP contribution in [0.15, 0.2) is 73.1 Å². The van der Waals surface area contributed by atoms with Crippen LogP contribution in [-0.2, 0) is 31.5 Å². The smallest absolute Gasteiger partial charge is 0.214 e.